The molecule has 5 heteroatoms. The highest BCUT2D eigenvalue weighted by molar-refractivity contribution is 5.82. The number of hydrogen-bond acceptors (Lipinski definition) is 4. The average Bonchev–Trinajstić information content (AvgIpc) is 2.77. The average molecular weight is 216 g/mol. The lowest BCUT2D eigenvalue weighted by Crippen LogP contribution is -2.12. The summed E-state index contributed by atoms with van der Waals surface area (Å²) in [6.07, 6.45) is 0. The van der Waals surface area contributed by atoms with Crippen molar-refractivity contribution in [2.24, 2.45) is 0 Å². The zero-order chi connectivity index (χ0) is 11.5. The lowest BCUT2D eigenvalue weighted by atomic mass is 10.1. The molecule has 5 nitrogen and oxygen atoms in total. The van der Waals surface area contributed by atoms with Gasteiger partial charge in [0.2, 0.25) is 0 Å². The molecule has 0 aliphatic carbocycles. The fourth-order valence-electron chi connectivity index (χ4n) is 1.40. The molecule has 0 saturated carbocycles. The summed E-state index contributed by atoms with van der Waals surface area (Å²) >= 11 is 0. The number of benzene rings is 1. The number of tetrazole rings is 1. The number of rotatable bonds is 3. The van der Waals surface area contributed by atoms with Gasteiger partial charge in [-0.25, -0.2) is 0 Å². The third kappa shape index (κ3) is 1.84. The van der Waals surface area contributed by atoms with Crippen LogP contribution in [0, 0.1) is 0 Å². The molecule has 1 unspecified atom stereocenters. The zero-order valence-corrected chi connectivity index (χ0v) is 9.16. The summed E-state index contributed by atoms with van der Waals surface area (Å²) in [4.78, 5) is 11.3. The summed E-state index contributed by atoms with van der Waals surface area (Å²) in [5, 5.41) is 11.4. The molecule has 0 amide bonds. The van der Waals surface area contributed by atoms with E-state index >= 15 is 0 Å². The Labute approximate surface area is 93.1 Å². The Morgan fingerprint density at radius 1 is 1.31 bits per heavy atom. The SMILES string of the molecule is CC(=O)C(C)c1nnnn1-c1ccccc1. The maximum atomic E-state index is 11.3. The molecule has 82 valence electrons. The van der Waals surface area contributed by atoms with E-state index in [-0.39, 0.29) is 11.7 Å². The first-order valence-corrected chi connectivity index (χ1v) is 5.04. The van der Waals surface area contributed by atoms with Gasteiger partial charge in [0.15, 0.2) is 5.82 Å². The van der Waals surface area contributed by atoms with Gasteiger partial charge < -0.3 is 0 Å². The molecule has 2 rings (SSSR count). The van der Waals surface area contributed by atoms with Crippen molar-refractivity contribution in [1.82, 2.24) is 20.2 Å². The van der Waals surface area contributed by atoms with Crippen molar-refractivity contribution in [3.63, 3.8) is 0 Å². The van der Waals surface area contributed by atoms with Gasteiger partial charge in [-0.2, -0.15) is 4.68 Å². The number of nitrogens with zero attached hydrogens (tertiary/aromatic N) is 4. The van der Waals surface area contributed by atoms with E-state index in [0.717, 1.165) is 5.69 Å². The van der Waals surface area contributed by atoms with Crippen LogP contribution in [0.25, 0.3) is 5.69 Å². The molecule has 1 heterocycles. The van der Waals surface area contributed by atoms with Crippen molar-refractivity contribution in [3.8, 4) is 5.69 Å². The lowest BCUT2D eigenvalue weighted by molar-refractivity contribution is -0.118. The number of ketones is 1. The quantitative estimate of drug-likeness (QED) is 0.777. The molecule has 0 bridgehead atoms. The number of Topliss-reactive ketones (excluding diaryl/α,β-unsaturated/α-hetero) is 1. The summed E-state index contributed by atoms with van der Waals surface area (Å²) < 4.78 is 1.59. The van der Waals surface area contributed by atoms with Crippen molar-refractivity contribution in [1.29, 1.82) is 0 Å². The predicted molar refractivity (Wildman–Crippen MR) is 58.3 cm³/mol. The van der Waals surface area contributed by atoms with Crippen LogP contribution in [0.5, 0.6) is 0 Å². The van der Waals surface area contributed by atoms with Gasteiger partial charge in [0, 0.05) is 0 Å². The zero-order valence-electron chi connectivity index (χ0n) is 9.16. The third-order valence-electron chi connectivity index (χ3n) is 2.49. The minimum absolute atomic E-state index is 0.0481. The van der Waals surface area contributed by atoms with Crippen LogP contribution in [-0.4, -0.2) is 26.0 Å². The van der Waals surface area contributed by atoms with Crippen LogP contribution in [0.2, 0.25) is 0 Å². The van der Waals surface area contributed by atoms with Gasteiger partial charge in [-0.3, -0.25) is 4.79 Å². The van der Waals surface area contributed by atoms with Gasteiger partial charge in [-0.15, -0.1) is 5.10 Å². The molecule has 0 aliphatic rings. The molecule has 0 spiro atoms. The minimum Gasteiger partial charge on any atom is -0.299 e. The summed E-state index contributed by atoms with van der Waals surface area (Å²) in [5.74, 6) is 0.320. The maximum Gasteiger partial charge on any atom is 0.166 e. The lowest BCUT2D eigenvalue weighted by Gasteiger charge is -2.07. The first-order valence-electron chi connectivity index (χ1n) is 5.04. The molecule has 1 atom stereocenters. The van der Waals surface area contributed by atoms with Gasteiger partial charge >= 0.3 is 0 Å². The highest BCUT2D eigenvalue weighted by Gasteiger charge is 2.19. The van der Waals surface area contributed by atoms with Gasteiger partial charge in [0.1, 0.15) is 5.78 Å². The number of aromatic nitrogens is 4. The van der Waals surface area contributed by atoms with E-state index in [1.807, 2.05) is 30.3 Å². The van der Waals surface area contributed by atoms with Crippen LogP contribution in [-0.2, 0) is 4.79 Å². The predicted octanol–water partition coefficient (Wildman–Crippen LogP) is 1.35. The van der Waals surface area contributed by atoms with Gasteiger partial charge in [0.25, 0.3) is 0 Å². The van der Waals surface area contributed by atoms with Gasteiger partial charge in [0.05, 0.1) is 11.6 Å². The molecule has 1 aromatic carbocycles. The monoisotopic (exact) mass is 216 g/mol. The second kappa shape index (κ2) is 4.22. The summed E-state index contributed by atoms with van der Waals surface area (Å²) in [6, 6.07) is 9.51. The Hall–Kier alpha value is -2.04. The van der Waals surface area contributed by atoms with E-state index < -0.39 is 0 Å². The first kappa shape index (κ1) is 10.5. The van der Waals surface area contributed by atoms with Crippen molar-refractivity contribution in [2.75, 3.05) is 0 Å². The van der Waals surface area contributed by atoms with Crippen molar-refractivity contribution in [2.45, 2.75) is 19.8 Å². The number of carbonyl (C=O) groups is 1. The van der Waals surface area contributed by atoms with E-state index in [9.17, 15) is 4.79 Å². The van der Waals surface area contributed by atoms with E-state index in [0.29, 0.717) is 5.82 Å². The van der Waals surface area contributed by atoms with Crippen molar-refractivity contribution < 1.29 is 4.79 Å². The Kier molecular flexibility index (Phi) is 2.76. The third-order valence-corrected chi connectivity index (χ3v) is 2.49. The number of carbonyl (C=O) groups excluding carboxylic acids is 1. The normalized spacial score (nSPS) is 12.4. The second-order valence-corrected chi connectivity index (χ2v) is 3.62. The molecular formula is C11H12N4O. The Balaban J connectivity index is 2.44. The Morgan fingerprint density at radius 2 is 2.00 bits per heavy atom. The number of para-hydroxylation sites is 1. The van der Waals surface area contributed by atoms with Crippen molar-refractivity contribution in [3.05, 3.63) is 36.2 Å². The second-order valence-electron chi connectivity index (χ2n) is 3.62. The van der Waals surface area contributed by atoms with Gasteiger partial charge in [-0.1, -0.05) is 18.2 Å². The molecule has 0 N–H and O–H groups in total. The van der Waals surface area contributed by atoms with E-state index in [2.05, 4.69) is 15.5 Å². The smallest absolute Gasteiger partial charge is 0.166 e. The van der Waals surface area contributed by atoms with Gasteiger partial charge in [-0.05, 0) is 36.4 Å². The first-order chi connectivity index (χ1) is 7.70. The van der Waals surface area contributed by atoms with Crippen molar-refractivity contribution >= 4 is 5.78 Å². The fourth-order valence-corrected chi connectivity index (χ4v) is 1.40. The van der Waals surface area contributed by atoms with Crippen LogP contribution < -0.4 is 0 Å². The fraction of sp³-hybridized carbons (Fsp3) is 0.273. The molecule has 2 aromatic rings. The molecule has 16 heavy (non-hydrogen) atoms. The topological polar surface area (TPSA) is 60.7 Å². The van der Waals surface area contributed by atoms with Crippen LogP contribution in [0.1, 0.15) is 25.6 Å². The molecule has 0 saturated heterocycles. The molecule has 0 fully saturated rings. The standard InChI is InChI=1S/C11H12N4O/c1-8(9(2)16)11-12-13-14-15(11)10-6-4-3-5-7-10/h3-8H,1-2H3. The Bertz CT molecular complexity index is 492. The van der Waals surface area contributed by atoms with E-state index in [1.165, 1.54) is 6.92 Å². The largest absolute Gasteiger partial charge is 0.299 e. The van der Waals surface area contributed by atoms with Crippen LogP contribution in [0.15, 0.2) is 30.3 Å². The molecule has 0 aliphatic heterocycles. The molecule has 0 radical (unpaired) electrons. The van der Waals surface area contributed by atoms with E-state index in [4.69, 9.17) is 0 Å². The molecule has 1 aromatic heterocycles. The molecular weight excluding hydrogens is 204 g/mol. The van der Waals surface area contributed by atoms with E-state index in [1.54, 1.807) is 11.6 Å². The minimum atomic E-state index is -0.296. The summed E-state index contributed by atoms with van der Waals surface area (Å²) in [6.45, 7) is 3.34. The summed E-state index contributed by atoms with van der Waals surface area (Å²) in [7, 11) is 0. The highest BCUT2D eigenvalue weighted by atomic mass is 16.1. The van der Waals surface area contributed by atoms with Crippen LogP contribution in [0.3, 0.4) is 0 Å². The summed E-state index contributed by atoms with van der Waals surface area (Å²) in [5.41, 5.74) is 0.857. The van der Waals surface area contributed by atoms with Crippen LogP contribution >= 0.6 is 0 Å². The van der Waals surface area contributed by atoms with Crippen LogP contribution in [0.4, 0.5) is 0 Å². The highest BCUT2D eigenvalue weighted by Crippen LogP contribution is 2.16. The number of hydrogen-bond donors (Lipinski definition) is 0. The maximum absolute atomic E-state index is 11.3. The Morgan fingerprint density at radius 3 is 2.62 bits per heavy atom.